The van der Waals surface area contributed by atoms with Crippen LogP contribution in [0.15, 0.2) is 30.3 Å². The topological polar surface area (TPSA) is 66.4 Å². The van der Waals surface area contributed by atoms with Crippen molar-refractivity contribution in [3.05, 3.63) is 35.9 Å². The van der Waals surface area contributed by atoms with Gasteiger partial charge in [0.25, 0.3) is 0 Å². The standard InChI is InChI=1S/C13H15F2NO3/c1-8(9-5-3-2-4-6-9)12(17)16-10(13(18)19)7-11(14)15/h2-6,8,10-11H,7H2,1H3,(H,16,17)(H,18,19)/t8-,10?/m0/s1. The largest absolute Gasteiger partial charge is 0.480 e. The predicted octanol–water partition coefficient (Wildman–Crippen LogP) is 2.01. The summed E-state index contributed by atoms with van der Waals surface area (Å²) in [4.78, 5) is 22.6. The second-order valence-electron chi connectivity index (χ2n) is 4.16. The van der Waals surface area contributed by atoms with Gasteiger partial charge in [0.05, 0.1) is 5.92 Å². The molecule has 1 amide bonds. The molecule has 0 aliphatic rings. The van der Waals surface area contributed by atoms with Gasteiger partial charge in [-0.3, -0.25) is 4.79 Å². The quantitative estimate of drug-likeness (QED) is 0.831. The number of carboxylic acids is 1. The fourth-order valence-electron chi connectivity index (χ4n) is 1.59. The molecule has 0 spiro atoms. The fourth-order valence-corrected chi connectivity index (χ4v) is 1.59. The number of aliphatic carboxylic acids is 1. The Bertz CT molecular complexity index is 437. The van der Waals surface area contributed by atoms with Crippen LogP contribution in [0.25, 0.3) is 0 Å². The third-order valence-electron chi connectivity index (χ3n) is 2.72. The van der Waals surface area contributed by atoms with Crippen LogP contribution in [0.3, 0.4) is 0 Å². The average Bonchev–Trinajstić information content (AvgIpc) is 2.37. The van der Waals surface area contributed by atoms with Gasteiger partial charge in [0.1, 0.15) is 6.04 Å². The number of carboxylic acid groups (broad SMARTS) is 1. The lowest BCUT2D eigenvalue weighted by molar-refractivity contribution is -0.143. The number of alkyl halides is 2. The summed E-state index contributed by atoms with van der Waals surface area (Å²) < 4.78 is 24.4. The first-order chi connectivity index (χ1) is 8.91. The fraction of sp³-hybridized carbons (Fsp3) is 0.385. The molecule has 1 aromatic rings. The summed E-state index contributed by atoms with van der Waals surface area (Å²) in [6, 6.07) is 7.13. The van der Waals surface area contributed by atoms with Crippen LogP contribution in [-0.2, 0) is 9.59 Å². The number of carbonyl (C=O) groups excluding carboxylic acids is 1. The molecule has 1 unspecified atom stereocenters. The van der Waals surface area contributed by atoms with E-state index < -0.39 is 36.7 Å². The summed E-state index contributed by atoms with van der Waals surface area (Å²) in [5.74, 6) is -2.64. The van der Waals surface area contributed by atoms with Gasteiger partial charge >= 0.3 is 5.97 Å². The van der Waals surface area contributed by atoms with E-state index in [1.54, 1.807) is 37.3 Å². The maximum atomic E-state index is 12.2. The lowest BCUT2D eigenvalue weighted by Crippen LogP contribution is -2.43. The molecule has 2 N–H and O–H groups in total. The molecule has 19 heavy (non-hydrogen) atoms. The Kier molecular flexibility index (Phi) is 5.41. The molecule has 0 saturated carbocycles. The molecular weight excluding hydrogens is 256 g/mol. The highest BCUT2D eigenvalue weighted by Gasteiger charge is 2.26. The van der Waals surface area contributed by atoms with Crippen molar-refractivity contribution in [2.75, 3.05) is 0 Å². The smallest absolute Gasteiger partial charge is 0.326 e. The molecule has 1 aromatic carbocycles. The first-order valence-electron chi connectivity index (χ1n) is 5.78. The van der Waals surface area contributed by atoms with E-state index in [0.717, 1.165) is 0 Å². The van der Waals surface area contributed by atoms with Gasteiger partial charge in [-0.25, -0.2) is 13.6 Å². The summed E-state index contributed by atoms with van der Waals surface area (Å²) in [6.07, 6.45) is -3.68. The highest BCUT2D eigenvalue weighted by atomic mass is 19.3. The number of nitrogens with one attached hydrogen (secondary N) is 1. The molecule has 104 valence electrons. The van der Waals surface area contributed by atoms with Crippen molar-refractivity contribution in [1.29, 1.82) is 0 Å². The molecule has 0 fully saturated rings. The molecule has 0 aliphatic carbocycles. The van der Waals surface area contributed by atoms with Crippen LogP contribution >= 0.6 is 0 Å². The molecule has 0 aromatic heterocycles. The van der Waals surface area contributed by atoms with E-state index in [9.17, 15) is 18.4 Å². The van der Waals surface area contributed by atoms with Gasteiger partial charge in [-0.15, -0.1) is 0 Å². The first-order valence-corrected chi connectivity index (χ1v) is 5.78. The molecule has 4 nitrogen and oxygen atoms in total. The molecule has 0 radical (unpaired) electrons. The van der Waals surface area contributed by atoms with Crippen molar-refractivity contribution in [2.45, 2.75) is 31.7 Å². The lowest BCUT2D eigenvalue weighted by atomic mass is 10.00. The van der Waals surface area contributed by atoms with Gasteiger partial charge in [-0.2, -0.15) is 0 Å². The summed E-state index contributed by atoms with van der Waals surface area (Å²) in [7, 11) is 0. The Morgan fingerprint density at radius 1 is 1.26 bits per heavy atom. The third-order valence-corrected chi connectivity index (χ3v) is 2.72. The molecule has 0 saturated heterocycles. The van der Waals surface area contributed by atoms with Crippen molar-refractivity contribution >= 4 is 11.9 Å². The summed E-state index contributed by atoms with van der Waals surface area (Å²) in [6.45, 7) is 1.59. The number of benzene rings is 1. The predicted molar refractivity (Wildman–Crippen MR) is 65.0 cm³/mol. The van der Waals surface area contributed by atoms with Crippen molar-refractivity contribution in [1.82, 2.24) is 5.32 Å². The Hall–Kier alpha value is -1.98. The van der Waals surface area contributed by atoms with Gasteiger partial charge < -0.3 is 10.4 Å². The Morgan fingerprint density at radius 2 is 1.84 bits per heavy atom. The van der Waals surface area contributed by atoms with Crippen LogP contribution in [0.4, 0.5) is 8.78 Å². The van der Waals surface area contributed by atoms with Crippen LogP contribution in [-0.4, -0.2) is 29.5 Å². The number of halogens is 2. The number of amides is 1. The van der Waals surface area contributed by atoms with Crippen LogP contribution in [0.5, 0.6) is 0 Å². The SMILES string of the molecule is C[C@H](C(=O)NC(CC(F)F)C(=O)O)c1ccccc1. The maximum absolute atomic E-state index is 12.2. The van der Waals surface area contributed by atoms with E-state index in [1.807, 2.05) is 0 Å². The monoisotopic (exact) mass is 271 g/mol. The molecule has 2 atom stereocenters. The summed E-state index contributed by atoms with van der Waals surface area (Å²) in [5, 5.41) is 10.9. The van der Waals surface area contributed by atoms with Gasteiger partial charge in [0.15, 0.2) is 0 Å². The Morgan fingerprint density at radius 3 is 2.32 bits per heavy atom. The molecule has 0 bridgehead atoms. The zero-order chi connectivity index (χ0) is 14.4. The van der Waals surface area contributed by atoms with Crippen LogP contribution < -0.4 is 5.32 Å². The van der Waals surface area contributed by atoms with E-state index >= 15 is 0 Å². The zero-order valence-corrected chi connectivity index (χ0v) is 10.3. The minimum Gasteiger partial charge on any atom is -0.480 e. The maximum Gasteiger partial charge on any atom is 0.326 e. The highest BCUT2D eigenvalue weighted by molar-refractivity contribution is 5.87. The van der Waals surface area contributed by atoms with Gasteiger partial charge in [0.2, 0.25) is 12.3 Å². The highest BCUT2D eigenvalue weighted by Crippen LogP contribution is 2.15. The molecular formula is C13H15F2NO3. The second kappa shape index (κ2) is 6.82. The van der Waals surface area contributed by atoms with E-state index in [4.69, 9.17) is 5.11 Å². The zero-order valence-electron chi connectivity index (χ0n) is 10.3. The van der Waals surface area contributed by atoms with Gasteiger partial charge in [-0.05, 0) is 12.5 Å². The number of rotatable bonds is 6. The molecule has 0 aliphatic heterocycles. The lowest BCUT2D eigenvalue weighted by Gasteiger charge is -2.17. The second-order valence-corrected chi connectivity index (χ2v) is 4.16. The van der Waals surface area contributed by atoms with Crippen LogP contribution in [0, 0.1) is 0 Å². The first kappa shape index (κ1) is 15.1. The summed E-state index contributed by atoms with van der Waals surface area (Å²) in [5.41, 5.74) is 0.696. The van der Waals surface area contributed by atoms with Crippen molar-refractivity contribution in [3.8, 4) is 0 Å². The minimum atomic E-state index is -2.78. The van der Waals surface area contributed by atoms with Gasteiger partial charge in [0, 0.05) is 6.42 Å². The molecule has 6 heteroatoms. The third kappa shape index (κ3) is 4.65. The average molecular weight is 271 g/mol. The van der Waals surface area contributed by atoms with Crippen LogP contribution in [0.1, 0.15) is 24.8 Å². The van der Waals surface area contributed by atoms with Crippen molar-refractivity contribution < 1.29 is 23.5 Å². The van der Waals surface area contributed by atoms with Crippen molar-refractivity contribution in [2.24, 2.45) is 0 Å². The Labute approximate surface area is 109 Å². The Balaban J connectivity index is 2.69. The molecule has 1 rings (SSSR count). The van der Waals surface area contributed by atoms with E-state index in [2.05, 4.69) is 5.32 Å². The van der Waals surface area contributed by atoms with Crippen LogP contribution in [0.2, 0.25) is 0 Å². The van der Waals surface area contributed by atoms with E-state index in [1.165, 1.54) is 0 Å². The van der Waals surface area contributed by atoms with E-state index in [0.29, 0.717) is 5.56 Å². The van der Waals surface area contributed by atoms with Crippen molar-refractivity contribution in [3.63, 3.8) is 0 Å². The van der Waals surface area contributed by atoms with Gasteiger partial charge in [-0.1, -0.05) is 30.3 Å². The summed E-state index contributed by atoms with van der Waals surface area (Å²) >= 11 is 0. The van der Waals surface area contributed by atoms with E-state index in [-0.39, 0.29) is 0 Å². The molecule has 0 heterocycles. The number of hydrogen-bond acceptors (Lipinski definition) is 2. The minimum absolute atomic E-state index is 0.584. The number of carbonyl (C=O) groups is 2. The normalized spacial score (nSPS) is 13.9. The number of hydrogen-bond donors (Lipinski definition) is 2.